The van der Waals surface area contributed by atoms with Crippen molar-refractivity contribution in [3.8, 4) is 0 Å². The van der Waals surface area contributed by atoms with Crippen LogP contribution in [0.5, 0.6) is 0 Å². The molecule has 0 bridgehead atoms. The van der Waals surface area contributed by atoms with Gasteiger partial charge in [-0.2, -0.15) is 0 Å². The Hall–Kier alpha value is -0.870. The standard InChI is InChI=1S/C16H21BrN2O/c1-11(12-3-2-4-13(17)9-12)19-15(20)14-10-16(14)5-7-18-8-6-16/h2-4,9,11,14,18H,5-8,10H2,1H3,(H,19,20). The first-order chi connectivity index (χ1) is 9.61. The first-order valence-corrected chi connectivity index (χ1v) is 8.17. The van der Waals surface area contributed by atoms with Crippen LogP contribution in [0, 0.1) is 11.3 Å². The number of rotatable bonds is 3. The summed E-state index contributed by atoms with van der Waals surface area (Å²) in [5.74, 6) is 0.471. The number of carbonyl (C=O) groups excluding carboxylic acids is 1. The lowest BCUT2D eigenvalue weighted by atomic mass is 9.91. The van der Waals surface area contributed by atoms with Gasteiger partial charge in [0.1, 0.15) is 0 Å². The summed E-state index contributed by atoms with van der Waals surface area (Å²) in [5, 5.41) is 6.55. The molecule has 1 amide bonds. The topological polar surface area (TPSA) is 41.1 Å². The molecule has 2 fully saturated rings. The molecular weight excluding hydrogens is 316 g/mol. The highest BCUT2D eigenvalue weighted by Crippen LogP contribution is 2.58. The van der Waals surface area contributed by atoms with E-state index in [9.17, 15) is 4.79 Å². The van der Waals surface area contributed by atoms with Crippen molar-refractivity contribution in [1.82, 2.24) is 10.6 Å². The highest BCUT2D eigenvalue weighted by Gasteiger charge is 2.57. The van der Waals surface area contributed by atoms with E-state index >= 15 is 0 Å². The Labute approximate surface area is 128 Å². The molecule has 3 nitrogen and oxygen atoms in total. The average molecular weight is 337 g/mol. The molecule has 0 aromatic heterocycles. The number of nitrogens with one attached hydrogen (secondary N) is 2. The number of carbonyl (C=O) groups is 1. The normalized spacial score (nSPS) is 25.2. The second kappa shape index (κ2) is 5.49. The van der Waals surface area contributed by atoms with Gasteiger partial charge in [-0.15, -0.1) is 0 Å². The Balaban J connectivity index is 1.60. The lowest BCUT2D eigenvalue weighted by Crippen LogP contribution is -2.34. The van der Waals surface area contributed by atoms with Crippen LogP contribution < -0.4 is 10.6 Å². The summed E-state index contributed by atoms with van der Waals surface area (Å²) in [6.07, 6.45) is 3.37. The number of piperidine rings is 1. The molecule has 2 N–H and O–H groups in total. The van der Waals surface area contributed by atoms with Crippen LogP contribution in [0.3, 0.4) is 0 Å². The van der Waals surface area contributed by atoms with Gasteiger partial charge in [0.05, 0.1) is 6.04 Å². The average Bonchev–Trinajstić information content (AvgIpc) is 3.13. The lowest BCUT2D eigenvalue weighted by molar-refractivity contribution is -0.123. The van der Waals surface area contributed by atoms with Crippen molar-refractivity contribution >= 4 is 21.8 Å². The van der Waals surface area contributed by atoms with Crippen LogP contribution in [-0.4, -0.2) is 19.0 Å². The highest BCUT2D eigenvalue weighted by molar-refractivity contribution is 9.10. The summed E-state index contributed by atoms with van der Waals surface area (Å²) < 4.78 is 1.05. The van der Waals surface area contributed by atoms with E-state index in [2.05, 4.69) is 45.6 Å². The Bertz CT molecular complexity index is 511. The van der Waals surface area contributed by atoms with Crippen LogP contribution in [-0.2, 0) is 4.79 Å². The third-order valence-electron chi connectivity index (χ3n) is 4.81. The van der Waals surface area contributed by atoms with Crippen molar-refractivity contribution in [1.29, 1.82) is 0 Å². The Kier molecular flexibility index (Phi) is 3.87. The zero-order valence-electron chi connectivity index (χ0n) is 11.8. The number of hydrogen-bond acceptors (Lipinski definition) is 2. The van der Waals surface area contributed by atoms with Gasteiger partial charge < -0.3 is 10.6 Å². The molecule has 3 rings (SSSR count). The van der Waals surface area contributed by atoms with E-state index in [1.165, 1.54) is 0 Å². The molecule has 0 radical (unpaired) electrons. The van der Waals surface area contributed by atoms with Crippen LogP contribution in [0.15, 0.2) is 28.7 Å². The molecule has 108 valence electrons. The Morgan fingerprint density at radius 2 is 2.20 bits per heavy atom. The van der Waals surface area contributed by atoms with E-state index in [1.54, 1.807) is 0 Å². The molecule has 1 aliphatic heterocycles. The number of hydrogen-bond donors (Lipinski definition) is 2. The van der Waals surface area contributed by atoms with Crippen molar-refractivity contribution in [3.63, 3.8) is 0 Å². The lowest BCUT2D eigenvalue weighted by Gasteiger charge is -2.23. The fourth-order valence-corrected chi connectivity index (χ4v) is 3.79. The van der Waals surface area contributed by atoms with Gasteiger partial charge in [0.15, 0.2) is 0 Å². The molecule has 1 aromatic carbocycles. The van der Waals surface area contributed by atoms with E-state index in [-0.39, 0.29) is 17.9 Å². The van der Waals surface area contributed by atoms with E-state index < -0.39 is 0 Å². The molecule has 20 heavy (non-hydrogen) atoms. The van der Waals surface area contributed by atoms with Gasteiger partial charge in [0.25, 0.3) is 0 Å². The Morgan fingerprint density at radius 3 is 2.90 bits per heavy atom. The molecule has 2 unspecified atom stereocenters. The fraction of sp³-hybridized carbons (Fsp3) is 0.562. The van der Waals surface area contributed by atoms with Crippen molar-refractivity contribution in [2.24, 2.45) is 11.3 Å². The van der Waals surface area contributed by atoms with Crippen LogP contribution in [0.2, 0.25) is 0 Å². The monoisotopic (exact) mass is 336 g/mol. The van der Waals surface area contributed by atoms with Crippen molar-refractivity contribution in [2.75, 3.05) is 13.1 Å². The van der Waals surface area contributed by atoms with E-state index in [0.717, 1.165) is 42.4 Å². The van der Waals surface area contributed by atoms with Gasteiger partial charge in [-0.05, 0) is 62.4 Å². The molecule has 1 spiro atoms. The second-order valence-corrected chi connectivity index (χ2v) is 7.07. The fourth-order valence-electron chi connectivity index (χ4n) is 3.37. The molecule has 2 aliphatic rings. The minimum atomic E-state index is 0.0689. The van der Waals surface area contributed by atoms with Gasteiger partial charge >= 0.3 is 0 Å². The summed E-state index contributed by atoms with van der Waals surface area (Å²) in [7, 11) is 0. The molecule has 1 aliphatic carbocycles. The van der Waals surface area contributed by atoms with Gasteiger partial charge in [-0.25, -0.2) is 0 Å². The predicted molar refractivity (Wildman–Crippen MR) is 83.3 cm³/mol. The number of benzene rings is 1. The summed E-state index contributed by atoms with van der Waals surface area (Å²) in [6.45, 7) is 4.17. The third-order valence-corrected chi connectivity index (χ3v) is 5.31. The van der Waals surface area contributed by atoms with Crippen molar-refractivity contribution < 1.29 is 4.79 Å². The smallest absolute Gasteiger partial charge is 0.224 e. The summed E-state index contributed by atoms with van der Waals surface area (Å²) in [4.78, 5) is 12.4. The Morgan fingerprint density at radius 1 is 1.45 bits per heavy atom. The van der Waals surface area contributed by atoms with Crippen LogP contribution in [0.25, 0.3) is 0 Å². The summed E-state index contributed by atoms with van der Waals surface area (Å²) >= 11 is 3.48. The minimum Gasteiger partial charge on any atom is -0.349 e. The van der Waals surface area contributed by atoms with Crippen LogP contribution >= 0.6 is 15.9 Å². The molecule has 4 heteroatoms. The second-order valence-electron chi connectivity index (χ2n) is 6.15. The molecule has 1 heterocycles. The molecule has 2 atom stereocenters. The van der Waals surface area contributed by atoms with E-state index in [0.29, 0.717) is 5.41 Å². The zero-order valence-corrected chi connectivity index (χ0v) is 13.4. The van der Waals surface area contributed by atoms with E-state index in [4.69, 9.17) is 0 Å². The quantitative estimate of drug-likeness (QED) is 0.890. The minimum absolute atomic E-state index is 0.0689. The van der Waals surface area contributed by atoms with Crippen LogP contribution in [0.1, 0.15) is 37.8 Å². The largest absolute Gasteiger partial charge is 0.349 e. The van der Waals surface area contributed by atoms with Gasteiger partial charge in [-0.3, -0.25) is 4.79 Å². The predicted octanol–water partition coefficient (Wildman–Crippen LogP) is 3.02. The first-order valence-electron chi connectivity index (χ1n) is 7.37. The third kappa shape index (κ3) is 2.77. The summed E-state index contributed by atoms with van der Waals surface area (Å²) in [6, 6.07) is 8.21. The van der Waals surface area contributed by atoms with Crippen molar-refractivity contribution in [2.45, 2.75) is 32.2 Å². The van der Waals surface area contributed by atoms with Gasteiger partial charge in [0.2, 0.25) is 5.91 Å². The highest BCUT2D eigenvalue weighted by atomic mass is 79.9. The maximum atomic E-state index is 12.4. The maximum absolute atomic E-state index is 12.4. The SMILES string of the molecule is CC(NC(=O)C1CC12CCNCC2)c1cccc(Br)c1. The summed E-state index contributed by atoms with van der Waals surface area (Å²) in [5.41, 5.74) is 1.46. The molecule has 1 saturated heterocycles. The van der Waals surface area contributed by atoms with Crippen molar-refractivity contribution in [3.05, 3.63) is 34.3 Å². The molecule has 1 saturated carbocycles. The molecule has 1 aromatic rings. The first kappa shape index (κ1) is 14.1. The van der Waals surface area contributed by atoms with Gasteiger partial charge in [-0.1, -0.05) is 28.1 Å². The number of amides is 1. The molecular formula is C16H21BrN2O. The van der Waals surface area contributed by atoms with Gasteiger partial charge in [0, 0.05) is 10.4 Å². The van der Waals surface area contributed by atoms with E-state index in [1.807, 2.05) is 12.1 Å². The maximum Gasteiger partial charge on any atom is 0.224 e. The number of halogens is 1. The zero-order chi connectivity index (χ0) is 14.2. The van der Waals surface area contributed by atoms with Crippen LogP contribution in [0.4, 0.5) is 0 Å².